The summed E-state index contributed by atoms with van der Waals surface area (Å²) in [5, 5.41) is 3.04. The van der Waals surface area contributed by atoms with Crippen LogP contribution in [0.1, 0.15) is 21.7 Å². The molecule has 0 atom stereocenters. The maximum atomic E-state index is 2.21. The molecule has 0 fully saturated rings. The summed E-state index contributed by atoms with van der Waals surface area (Å²) < 4.78 is 0. The van der Waals surface area contributed by atoms with E-state index >= 15 is 0 Å². The molecule has 12 heavy (non-hydrogen) atoms. The van der Waals surface area contributed by atoms with Crippen molar-refractivity contribution >= 4 is 33.0 Å². The average Bonchev–Trinajstić information content (AvgIpc) is 1.98. The fraction of sp³-hybridized carbons (Fsp3) is 0.500. The van der Waals surface area contributed by atoms with Crippen LogP contribution >= 0.6 is 33.0 Å². The first-order chi connectivity index (χ1) is 4.13. The Balaban J connectivity index is -0.000000270. The molecule has 1 heterocycles. The van der Waals surface area contributed by atoms with E-state index in [0.717, 1.165) is 0 Å². The van der Waals surface area contributed by atoms with Gasteiger partial charge in [-0.05, 0) is 0 Å². The van der Waals surface area contributed by atoms with Crippen LogP contribution in [0, 0.1) is 27.7 Å². The average molecular weight is 260 g/mol. The Morgan fingerprint density at radius 1 is 1.08 bits per heavy atom. The molecular formula is C8H14Cl2PTi-. The second-order valence-corrected chi connectivity index (χ2v) is 4.10. The summed E-state index contributed by atoms with van der Waals surface area (Å²) >= 11 is 0. The molecule has 0 unspecified atom stereocenters. The van der Waals surface area contributed by atoms with Crippen LogP contribution in [-0.2, 0) is 21.7 Å². The fourth-order valence-corrected chi connectivity index (χ4v) is 2.14. The molecule has 0 aromatic carbocycles. The molecule has 0 spiro atoms. The fourth-order valence-electron chi connectivity index (χ4n) is 0.962. The Hall–Kier alpha value is 1.07. The Kier molecular flexibility index (Phi) is 11.7. The SMILES string of the molecule is Cc1p[c-](C)c(C)c1C.Cl.Cl.[Ti]. The van der Waals surface area contributed by atoms with Gasteiger partial charge in [0.1, 0.15) is 0 Å². The summed E-state index contributed by atoms with van der Waals surface area (Å²) in [6.07, 6.45) is 0. The van der Waals surface area contributed by atoms with E-state index in [9.17, 15) is 0 Å². The third-order valence-corrected chi connectivity index (χ3v) is 3.32. The van der Waals surface area contributed by atoms with E-state index in [1.54, 1.807) is 0 Å². The van der Waals surface area contributed by atoms with Gasteiger partial charge in [0.2, 0.25) is 0 Å². The van der Waals surface area contributed by atoms with Gasteiger partial charge in [-0.1, -0.05) is 27.7 Å². The molecular weight excluding hydrogens is 246 g/mol. The van der Waals surface area contributed by atoms with Crippen molar-refractivity contribution in [2.45, 2.75) is 27.7 Å². The molecule has 4 heteroatoms. The van der Waals surface area contributed by atoms with E-state index < -0.39 is 0 Å². The summed E-state index contributed by atoms with van der Waals surface area (Å²) in [5.74, 6) is 0. The van der Waals surface area contributed by atoms with Gasteiger partial charge in [0, 0.05) is 21.7 Å². The Morgan fingerprint density at radius 2 is 1.50 bits per heavy atom. The first-order valence-electron chi connectivity index (χ1n) is 3.20. The van der Waals surface area contributed by atoms with Crippen LogP contribution in [0.5, 0.6) is 0 Å². The van der Waals surface area contributed by atoms with Gasteiger partial charge in [-0.15, -0.1) is 30.1 Å². The van der Waals surface area contributed by atoms with Crippen molar-refractivity contribution in [2.24, 2.45) is 0 Å². The number of rotatable bonds is 0. The maximum Gasteiger partial charge on any atom is 0 e. The van der Waals surface area contributed by atoms with Gasteiger partial charge in [-0.25, -0.2) is 8.19 Å². The second-order valence-electron chi connectivity index (χ2n) is 2.53. The minimum atomic E-state index is 0. The molecule has 1 aromatic rings. The second kappa shape index (κ2) is 7.48. The summed E-state index contributed by atoms with van der Waals surface area (Å²) in [7, 11) is 1.44. The molecule has 0 saturated carbocycles. The Bertz CT molecular complexity index is 211. The summed E-state index contributed by atoms with van der Waals surface area (Å²) in [5.41, 5.74) is 2.99. The Morgan fingerprint density at radius 3 is 1.58 bits per heavy atom. The van der Waals surface area contributed by atoms with Gasteiger partial charge in [0.05, 0.1) is 0 Å². The topological polar surface area (TPSA) is 0 Å². The quantitative estimate of drug-likeness (QED) is 0.487. The zero-order chi connectivity index (χ0) is 7.02. The molecule has 1 aromatic heterocycles. The van der Waals surface area contributed by atoms with Crippen LogP contribution in [0.25, 0.3) is 0 Å². The molecule has 1 rings (SSSR count). The van der Waals surface area contributed by atoms with Gasteiger partial charge < -0.3 is 0 Å². The van der Waals surface area contributed by atoms with Crippen molar-refractivity contribution < 1.29 is 21.7 Å². The van der Waals surface area contributed by atoms with Gasteiger partial charge in [0.15, 0.2) is 0 Å². The van der Waals surface area contributed by atoms with Crippen LogP contribution in [0.15, 0.2) is 0 Å². The van der Waals surface area contributed by atoms with Crippen molar-refractivity contribution in [1.82, 2.24) is 0 Å². The van der Waals surface area contributed by atoms with Crippen molar-refractivity contribution in [2.75, 3.05) is 0 Å². The summed E-state index contributed by atoms with van der Waals surface area (Å²) in [6, 6.07) is 0. The first-order valence-corrected chi connectivity index (χ1v) is 4.09. The van der Waals surface area contributed by atoms with Crippen molar-refractivity contribution in [3.63, 3.8) is 0 Å². The third-order valence-electron chi connectivity index (χ3n) is 1.98. The van der Waals surface area contributed by atoms with E-state index in [0.29, 0.717) is 0 Å². The molecule has 0 amide bonds. The number of hydrogen-bond acceptors (Lipinski definition) is 0. The predicted molar refractivity (Wildman–Crippen MR) is 58.0 cm³/mol. The number of hydrogen-bond donors (Lipinski definition) is 0. The molecule has 0 nitrogen and oxygen atoms in total. The molecule has 0 bridgehead atoms. The van der Waals surface area contributed by atoms with Crippen molar-refractivity contribution in [3.05, 3.63) is 21.7 Å². The zero-order valence-electron chi connectivity index (χ0n) is 7.76. The van der Waals surface area contributed by atoms with Gasteiger partial charge in [0.25, 0.3) is 0 Å². The van der Waals surface area contributed by atoms with Crippen LogP contribution in [0.3, 0.4) is 0 Å². The molecule has 0 N–H and O–H groups in total. The molecule has 0 aliphatic heterocycles. The smallest absolute Gasteiger partial charge is 0 e. The maximum absolute atomic E-state index is 2.21. The number of halogens is 2. The standard InChI is InChI=1S/C8H12P.2ClH.Ti/c1-5-6(2)8(4)9-7(5)3;;;/h1-4H3;2*1H;/q-1;;;. The van der Waals surface area contributed by atoms with E-state index in [4.69, 9.17) is 0 Å². The molecule has 0 saturated heterocycles. The van der Waals surface area contributed by atoms with Crippen molar-refractivity contribution in [3.8, 4) is 0 Å². The summed E-state index contributed by atoms with van der Waals surface area (Å²) in [6.45, 7) is 8.82. The van der Waals surface area contributed by atoms with Gasteiger partial charge in [-0.3, -0.25) is 0 Å². The van der Waals surface area contributed by atoms with E-state index in [2.05, 4.69) is 27.7 Å². The third kappa shape index (κ3) is 3.86. The molecule has 0 aliphatic rings. The predicted octanol–water partition coefficient (Wildman–Crippen LogP) is 4.06. The van der Waals surface area contributed by atoms with Crippen molar-refractivity contribution in [1.29, 1.82) is 0 Å². The first kappa shape index (κ1) is 18.8. The normalized spacial score (nSPS) is 8.33. The van der Waals surface area contributed by atoms with Crippen LogP contribution in [-0.4, -0.2) is 0 Å². The van der Waals surface area contributed by atoms with E-state index in [1.165, 1.54) is 29.9 Å². The largest absolute Gasteiger partial charge is 0.220 e. The molecule has 0 aliphatic carbocycles. The minimum absolute atomic E-state index is 0. The van der Waals surface area contributed by atoms with Crippen LogP contribution in [0.4, 0.5) is 0 Å². The van der Waals surface area contributed by atoms with Crippen LogP contribution < -0.4 is 0 Å². The van der Waals surface area contributed by atoms with E-state index in [1.807, 2.05) is 0 Å². The number of aryl methyl sites for hydroxylation is 2. The Labute approximate surface area is 104 Å². The zero-order valence-corrected chi connectivity index (χ0v) is 11.9. The minimum Gasteiger partial charge on any atom is -0.220 e. The molecule has 0 radical (unpaired) electrons. The van der Waals surface area contributed by atoms with Gasteiger partial charge in [-0.2, -0.15) is 16.4 Å². The van der Waals surface area contributed by atoms with Gasteiger partial charge >= 0.3 is 0 Å². The molecule has 70 valence electrons. The van der Waals surface area contributed by atoms with E-state index in [-0.39, 0.29) is 46.5 Å². The summed E-state index contributed by atoms with van der Waals surface area (Å²) in [4.78, 5) is 0. The van der Waals surface area contributed by atoms with Crippen LogP contribution in [0.2, 0.25) is 0 Å². The monoisotopic (exact) mass is 259 g/mol.